The number of rotatable bonds is 8. The van der Waals surface area contributed by atoms with Gasteiger partial charge < -0.3 is 9.84 Å². The fourth-order valence-corrected chi connectivity index (χ4v) is 4.49. The van der Waals surface area contributed by atoms with E-state index in [1.807, 2.05) is 42.5 Å². The highest BCUT2D eigenvalue weighted by Crippen LogP contribution is 2.28. The minimum atomic E-state index is -0.492. The van der Waals surface area contributed by atoms with Crippen molar-refractivity contribution in [3.63, 3.8) is 0 Å². The van der Waals surface area contributed by atoms with Gasteiger partial charge in [-0.3, -0.25) is 4.90 Å². The predicted octanol–water partition coefficient (Wildman–Crippen LogP) is 5.64. The molecule has 1 heterocycles. The molecular formula is C28H33NO2. The van der Waals surface area contributed by atoms with Gasteiger partial charge in [0.15, 0.2) is 0 Å². The second kappa shape index (κ2) is 10.6. The Balaban J connectivity index is 1.26. The Labute approximate surface area is 186 Å². The van der Waals surface area contributed by atoms with Gasteiger partial charge >= 0.3 is 0 Å². The minimum Gasteiger partial charge on any atom is -0.489 e. The molecule has 3 heteroatoms. The lowest BCUT2D eigenvalue weighted by Gasteiger charge is -2.38. The molecular weight excluding hydrogens is 382 g/mol. The lowest BCUT2D eigenvalue weighted by Crippen LogP contribution is -2.43. The minimum absolute atomic E-state index is 0.105. The Hall–Kier alpha value is -2.62. The third-order valence-corrected chi connectivity index (χ3v) is 6.52. The normalized spacial score (nSPS) is 17.2. The van der Waals surface area contributed by atoms with Gasteiger partial charge in [-0.15, -0.1) is 0 Å². The van der Waals surface area contributed by atoms with E-state index in [9.17, 15) is 5.11 Å². The van der Waals surface area contributed by atoms with E-state index in [0.717, 1.165) is 42.3 Å². The van der Waals surface area contributed by atoms with Crippen molar-refractivity contribution in [3.8, 4) is 5.75 Å². The Kier molecular flexibility index (Phi) is 7.39. The molecule has 0 radical (unpaired) electrons. The van der Waals surface area contributed by atoms with Crippen LogP contribution < -0.4 is 4.74 Å². The van der Waals surface area contributed by atoms with Crippen molar-refractivity contribution in [2.24, 2.45) is 5.92 Å². The van der Waals surface area contributed by atoms with Gasteiger partial charge in [-0.25, -0.2) is 0 Å². The summed E-state index contributed by atoms with van der Waals surface area (Å²) in [5.41, 5.74) is 3.53. The maximum Gasteiger partial charge on any atom is 0.119 e. The SMILES string of the molecule is CC(C(O)c1ccc(OCc2ccccc2)cc1)N1CCC(Cc2ccccc2)CC1. The number of nitrogens with zero attached hydrogens (tertiary/aromatic N) is 1. The molecule has 0 bridgehead atoms. The van der Waals surface area contributed by atoms with Gasteiger partial charge in [-0.1, -0.05) is 72.8 Å². The van der Waals surface area contributed by atoms with Crippen LogP contribution in [0.5, 0.6) is 5.75 Å². The number of aliphatic hydroxyl groups excluding tert-OH is 1. The summed E-state index contributed by atoms with van der Waals surface area (Å²) in [6, 6.07) is 28.9. The maximum atomic E-state index is 11.0. The van der Waals surface area contributed by atoms with E-state index >= 15 is 0 Å². The zero-order chi connectivity index (χ0) is 21.5. The molecule has 1 aliphatic rings. The molecule has 3 aromatic rings. The molecule has 1 N–H and O–H groups in total. The topological polar surface area (TPSA) is 32.7 Å². The Bertz CT molecular complexity index is 903. The summed E-state index contributed by atoms with van der Waals surface area (Å²) in [4.78, 5) is 2.44. The largest absolute Gasteiger partial charge is 0.489 e. The lowest BCUT2D eigenvalue weighted by molar-refractivity contribution is 0.0373. The highest BCUT2D eigenvalue weighted by Gasteiger charge is 2.27. The lowest BCUT2D eigenvalue weighted by atomic mass is 9.89. The molecule has 2 unspecified atom stereocenters. The smallest absolute Gasteiger partial charge is 0.119 e. The Morgan fingerprint density at radius 2 is 1.42 bits per heavy atom. The van der Waals surface area contributed by atoms with Crippen LogP contribution in [0.25, 0.3) is 0 Å². The third-order valence-electron chi connectivity index (χ3n) is 6.52. The van der Waals surface area contributed by atoms with Crippen molar-refractivity contribution in [1.29, 1.82) is 0 Å². The molecule has 1 aliphatic heterocycles. The molecule has 31 heavy (non-hydrogen) atoms. The highest BCUT2D eigenvalue weighted by atomic mass is 16.5. The van der Waals surface area contributed by atoms with Gasteiger partial charge in [0.25, 0.3) is 0 Å². The van der Waals surface area contributed by atoms with Gasteiger partial charge in [0.1, 0.15) is 12.4 Å². The summed E-state index contributed by atoms with van der Waals surface area (Å²) >= 11 is 0. The first kappa shape index (κ1) is 21.6. The highest BCUT2D eigenvalue weighted by molar-refractivity contribution is 5.29. The van der Waals surface area contributed by atoms with E-state index in [1.54, 1.807) is 0 Å². The molecule has 0 aliphatic carbocycles. The maximum absolute atomic E-state index is 11.0. The number of hydrogen-bond acceptors (Lipinski definition) is 3. The van der Waals surface area contributed by atoms with Crippen LogP contribution in [-0.2, 0) is 13.0 Å². The predicted molar refractivity (Wildman–Crippen MR) is 126 cm³/mol. The average molecular weight is 416 g/mol. The molecule has 2 atom stereocenters. The van der Waals surface area contributed by atoms with Crippen LogP contribution in [-0.4, -0.2) is 29.1 Å². The van der Waals surface area contributed by atoms with Crippen LogP contribution in [0, 0.1) is 5.92 Å². The summed E-state index contributed by atoms with van der Waals surface area (Å²) < 4.78 is 5.87. The van der Waals surface area contributed by atoms with Crippen LogP contribution in [0.15, 0.2) is 84.9 Å². The molecule has 1 fully saturated rings. The molecule has 0 saturated carbocycles. The number of hydrogen-bond donors (Lipinski definition) is 1. The van der Waals surface area contributed by atoms with E-state index in [-0.39, 0.29) is 6.04 Å². The molecule has 0 amide bonds. The first-order chi connectivity index (χ1) is 15.2. The van der Waals surface area contributed by atoms with Crippen molar-refractivity contribution in [2.75, 3.05) is 13.1 Å². The van der Waals surface area contributed by atoms with E-state index in [2.05, 4.69) is 54.3 Å². The quantitative estimate of drug-likeness (QED) is 0.517. The molecule has 4 rings (SSSR count). The fraction of sp³-hybridized carbons (Fsp3) is 0.357. The van der Waals surface area contributed by atoms with Crippen molar-refractivity contribution in [1.82, 2.24) is 4.90 Å². The molecule has 3 nitrogen and oxygen atoms in total. The van der Waals surface area contributed by atoms with Crippen LogP contribution in [0.3, 0.4) is 0 Å². The van der Waals surface area contributed by atoms with Gasteiger partial charge in [-0.2, -0.15) is 0 Å². The van der Waals surface area contributed by atoms with E-state index in [4.69, 9.17) is 4.74 Å². The first-order valence-corrected chi connectivity index (χ1v) is 11.4. The zero-order valence-electron chi connectivity index (χ0n) is 18.4. The third kappa shape index (κ3) is 5.96. The van der Waals surface area contributed by atoms with E-state index in [0.29, 0.717) is 6.61 Å². The Morgan fingerprint density at radius 1 is 0.839 bits per heavy atom. The van der Waals surface area contributed by atoms with Crippen LogP contribution in [0.1, 0.15) is 42.6 Å². The Morgan fingerprint density at radius 3 is 2.03 bits per heavy atom. The van der Waals surface area contributed by atoms with E-state index in [1.165, 1.54) is 18.4 Å². The molecule has 0 aromatic heterocycles. The number of piperidine rings is 1. The number of likely N-dealkylation sites (tertiary alicyclic amines) is 1. The summed E-state index contributed by atoms with van der Waals surface area (Å²) in [5.74, 6) is 1.57. The number of aliphatic hydroxyl groups is 1. The number of ether oxygens (including phenoxy) is 1. The molecule has 1 saturated heterocycles. The standard InChI is InChI=1S/C28H33NO2/c1-22(29-18-16-24(17-19-29)20-23-8-4-2-5-9-23)28(30)26-12-14-27(15-13-26)31-21-25-10-6-3-7-11-25/h2-15,22,24,28,30H,16-21H2,1H3. The van der Waals surface area contributed by atoms with Crippen molar-refractivity contribution >= 4 is 0 Å². The second-order valence-corrected chi connectivity index (χ2v) is 8.70. The molecule has 0 spiro atoms. The van der Waals surface area contributed by atoms with Crippen molar-refractivity contribution in [3.05, 3.63) is 102 Å². The summed E-state index contributed by atoms with van der Waals surface area (Å²) in [6.07, 6.45) is 3.06. The molecule has 162 valence electrons. The van der Waals surface area contributed by atoms with Crippen LogP contribution >= 0.6 is 0 Å². The van der Waals surface area contributed by atoms with Crippen molar-refractivity contribution < 1.29 is 9.84 Å². The summed E-state index contributed by atoms with van der Waals surface area (Å²) in [5, 5.41) is 11.0. The van der Waals surface area contributed by atoms with Gasteiger partial charge in [0.2, 0.25) is 0 Å². The second-order valence-electron chi connectivity index (χ2n) is 8.70. The van der Waals surface area contributed by atoms with E-state index < -0.39 is 6.10 Å². The summed E-state index contributed by atoms with van der Waals surface area (Å²) in [7, 11) is 0. The van der Waals surface area contributed by atoms with Crippen LogP contribution in [0.2, 0.25) is 0 Å². The monoisotopic (exact) mass is 415 g/mol. The van der Waals surface area contributed by atoms with Crippen LogP contribution in [0.4, 0.5) is 0 Å². The molecule has 3 aromatic carbocycles. The fourth-order valence-electron chi connectivity index (χ4n) is 4.49. The number of benzene rings is 3. The van der Waals surface area contributed by atoms with Gasteiger partial charge in [0, 0.05) is 6.04 Å². The van der Waals surface area contributed by atoms with Gasteiger partial charge in [-0.05, 0) is 74.0 Å². The zero-order valence-corrected chi connectivity index (χ0v) is 18.4. The van der Waals surface area contributed by atoms with Crippen molar-refractivity contribution in [2.45, 2.75) is 44.9 Å². The average Bonchev–Trinajstić information content (AvgIpc) is 2.84. The first-order valence-electron chi connectivity index (χ1n) is 11.4. The van der Waals surface area contributed by atoms with Gasteiger partial charge in [0.05, 0.1) is 6.10 Å². The summed E-state index contributed by atoms with van der Waals surface area (Å²) in [6.45, 7) is 4.79.